The van der Waals surface area contributed by atoms with Crippen LogP contribution in [0.4, 0.5) is 14.6 Å². The number of halogens is 2. The van der Waals surface area contributed by atoms with Crippen molar-refractivity contribution in [2.75, 3.05) is 38.2 Å². The van der Waals surface area contributed by atoms with Gasteiger partial charge in [0.05, 0.1) is 12.8 Å². The topological polar surface area (TPSA) is 75.6 Å². The number of hydrogen-bond donors (Lipinski definition) is 0. The highest BCUT2D eigenvalue weighted by Gasteiger charge is 2.31. The first kappa shape index (κ1) is 21.1. The summed E-state index contributed by atoms with van der Waals surface area (Å²) in [6.45, 7) is 1.06. The Balaban J connectivity index is 1.48. The molecule has 0 unspecified atom stereocenters. The van der Waals surface area contributed by atoms with Gasteiger partial charge in [0.25, 0.3) is 0 Å². The summed E-state index contributed by atoms with van der Waals surface area (Å²) in [6.07, 6.45) is 1.46. The number of anilines is 1. The summed E-state index contributed by atoms with van der Waals surface area (Å²) in [5.41, 5.74) is 1.63. The first-order chi connectivity index (χ1) is 14.9. The monoisotopic (exact) mass is 446 g/mol. The molecule has 31 heavy (non-hydrogen) atoms. The van der Waals surface area contributed by atoms with Gasteiger partial charge < -0.3 is 9.64 Å². The van der Waals surface area contributed by atoms with Crippen LogP contribution in [0.5, 0.6) is 5.75 Å². The number of rotatable bonds is 5. The second kappa shape index (κ2) is 8.56. The molecule has 0 N–H and O–H groups in total. The van der Waals surface area contributed by atoms with E-state index in [0.29, 0.717) is 25.0 Å². The fourth-order valence-corrected chi connectivity index (χ4v) is 4.89. The minimum Gasteiger partial charge on any atom is -0.497 e. The lowest BCUT2D eigenvalue weighted by atomic mass is 10.1. The Hall–Kier alpha value is -3.11. The zero-order chi connectivity index (χ0) is 22.0. The Labute approximate surface area is 179 Å². The fourth-order valence-electron chi connectivity index (χ4n) is 3.42. The van der Waals surface area contributed by atoms with E-state index in [0.717, 1.165) is 29.1 Å². The summed E-state index contributed by atoms with van der Waals surface area (Å²) in [5, 5.41) is 0. The van der Waals surface area contributed by atoms with Gasteiger partial charge in [-0.3, -0.25) is 0 Å². The summed E-state index contributed by atoms with van der Waals surface area (Å²) in [7, 11) is -2.45. The highest BCUT2D eigenvalue weighted by Crippen LogP contribution is 2.25. The Morgan fingerprint density at radius 3 is 2.29 bits per heavy atom. The van der Waals surface area contributed by atoms with E-state index in [4.69, 9.17) is 4.74 Å². The first-order valence-corrected chi connectivity index (χ1v) is 11.0. The van der Waals surface area contributed by atoms with Gasteiger partial charge in [0.15, 0.2) is 0 Å². The van der Waals surface area contributed by atoms with E-state index in [1.165, 1.54) is 10.6 Å². The number of sulfonamides is 1. The van der Waals surface area contributed by atoms with E-state index in [2.05, 4.69) is 9.97 Å². The molecular formula is C21H20F2N4O3S. The van der Waals surface area contributed by atoms with E-state index in [1.807, 2.05) is 35.2 Å². The Bertz CT molecular complexity index is 1180. The molecule has 1 aromatic heterocycles. The van der Waals surface area contributed by atoms with Crippen molar-refractivity contribution in [1.82, 2.24) is 14.3 Å². The van der Waals surface area contributed by atoms with Crippen LogP contribution in [-0.4, -0.2) is 56.0 Å². The highest BCUT2D eigenvalue weighted by molar-refractivity contribution is 7.89. The van der Waals surface area contributed by atoms with Gasteiger partial charge in [0, 0.05) is 43.9 Å². The smallest absolute Gasteiger partial charge is 0.246 e. The third-order valence-corrected chi connectivity index (χ3v) is 7.04. The standard InChI is InChI=1S/C21H20F2N4O3S/c1-30-17-5-2-15(3-6-17)19-13-21(25-14-24-19)26-8-10-27(11-9-26)31(28,29)20-7-4-16(22)12-18(20)23/h2-7,12-14H,8-11H2,1H3. The molecule has 1 aliphatic rings. The van der Waals surface area contributed by atoms with Gasteiger partial charge in [-0.2, -0.15) is 4.31 Å². The molecule has 0 spiro atoms. The third kappa shape index (κ3) is 4.35. The lowest BCUT2D eigenvalue weighted by molar-refractivity contribution is 0.381. The van der Waals surface area contributed by atoms with Crippen LogP contribution in [0, 0.1) is 11.6 Å². The number of aromatic nitrogens is 2. The average Bonchev–Trinajstić information content (AvgIpc) is 2.79. The van der Waals surface area contributed by atoms with Crippen molar-refractivity contribution in [1.29, 1.82) is 0 Å². The van der Waals surface area contributed by atoms with Crippen LogP contribution >= 0.6 is 0 Å². The molecule has 3 aromatic rings. The van der Waals surface area contributed by atoms with Crippen LogP contribution in [-0.2, 0) is 10.0 Å². The van der Waals surface area contributed by atoms with E-state index < -0.39 is 26.6 Å². The van der Waals surface area contributed by atoms with Crippen LogP contribution in [0.25, 0.3) is 11.3 Å². The minimum absolute atomic E-state index is 0.154. The minimum atomic E-state index is -4.05. The highest BCUT2D eigenvalue weighted by atomic mass is 32.2. The number of ether oxygens (including phenoxy) is 1. The quantitative estimate of drug-likeness (QED) is 0.600. The molecule has 7 nitrogen and oxygen atoms in total. The molecule has 0 bridgehead atoms. The van der Waals surface area contributed by atoms with Crippen molar-refractivity contribution in [2.45, 2.75) is 4.90 Å². The number of hydrogen-bond acceptors (Lipinski definition) is 6. The van der Waals surface area contributed by atoms with E-state index in [-0.39, 0.29) is 13.1 Å². The maximum absolute atomic E-state index is 14.0. The number of nitrogens with zero attached hydrogens (tertiary/aromatic N) is 4. The van der Waals surface area contributed by atoms with Crippen LogP contribution in [0.1, 0.15) is 0 Å². The predicted molar refractivity (Wildman–Crippen MR) is 111 cm³/mol. The first-order valence-electron chi connectivity index (χ1n) is 9.55. The molecule has 10 heteroatoms. The summed E-state index contributed by atoms with van der Waals surface area (Å²) >= 11 is 0. The second-order valence-corrected chi connectivity index (χ2v) is 8.86. The second-order valence-electron chi connectivity index (χ2n) is 6.96. The summed E-state index contributed by atoms with van der Waals surface area (Å²) in [5.74, 6) is -0.501. The molecule has 0 saturated carbocycles. The van der Waals surface area contributed by atoms with Crippen LogP contribution < -0.4 is 9.64 Å². The largest absolute Gasteiger partial charge is 0.497 e. The van der Waals surface area contributed by atoms with Crippen molar-refractivity contribution >= 4 is 15.8 Å². The fraction of sp³-hybridized carbons (Fsp3) is 0.238. The predicted octanol–water partition coefficient (Wildman–Crippen LogP) is 2.94. The number of benzene rings is 2. The molecule has 1 saturated heterocycles. The number of piperazine rings is 1. The van der Waals surface area contributed by atoms with Crippen molar-refractivity contribution in [3.63, 3.8) is 0 Å². The normalized spacial score (nSPS) is 15.1. The third-order valence-electron chi connectivity index (χ3n) is 5.11. The van der Waals surface area contributed by atoms with Gasteiger partial charge in [-0.1, -0.05) is 0 Å². The number of methoxy groups -OCH3 is 1. The molecule has 1 aliphatic heterocycles. The average molecular weight is 446 g/mol. The SMILES string of the molecule is COc1ccc(-c2cc(N3CCN(S(=O)(=O)c4ccc(F)cc4F)CC3)ncn2)cc1. The van der Waals surface area contributed by atoms with Gasteiger partial charge in [0.1, 0.15) is 34.4 Å². The molecular weight excluding hydrogens is 426 g/mol. The molecule has 1 fully saturated rings. The van der Waals surface area contributed by atoms with Crippen LogP contribution in [0.3, 0.4) is 0 Å². The molecule has 162 valence electrons. The lowest BCUT2D eigenvalue weighted by Crippen LogP contribution is -2.49. The summed E-state index contributed by atoms with van der Waals surface area (Å²) in [4.78, 5) is 10.0. The molecule has 0 aliphatic carbocycles. The van der Waals surface area contributed by atoms with Crippen molar-refractivity contribution in [3.8, 4) is 17.0 Å². The maximum atomic E-state index is 14.0. The summed E-state index contributed by atoms with van der Waals surface area (Å²) in [6, 6.07) is 11.8. The van der Waals surface area contributed by atoms with Crippen LogP contribution in [0.2, 0.25) is 0 Å². The molecule has 0 amide bonds. The van der Waals surface area contributed by atoms with Gasteiger partial charge in [-0.25, -0.2) is 27.2 Å². The van der Waals surface area contributed by atoms with Crippen molar-refractivity contribution in [2.24, 2.45) is 0 Å². The van der Waals surface area contributed by atoms with Gasteiger partial charge in [-0.05, 0) is 36.4 Å². The summed E-state index contributed by atoms with van der Waals surface area (Å²) < 4.78 is 59.0. The van der Waals surface area contributed by atoms with E-state index >= 15 is 0 Å². The van der Waals surface area contributed by atoms with Crippen LogP contribution in [0.15, 0.2) is 59.8 Å². The van der Waals surface area contributed by atoms with Gasteiger partial charge in [0.2, 0.25) is 10.0 Å². The molecule has 0 radical (unpaired) electrons. The molecule has 4 rings (SSSR count). The Kier molecular flexibility index (Phi) is 5.84. The zero-order valence-corrected chi connectivity index (χ0v) is 17.5. The van der Waals surface area contributed by atoms with Gasteiger partial charge in [-0.15, -0.1) is 0 Å². The maximum Gasteiger partial charge on any atom is 0.246 e. The molecule has 0 atom stereocenters. The Morgan fingerprint density at radius 2 is 1.65 bits per heavy atom. The van der Waals surface area contributed by atoms with Gasteiger partial charge >= 0.3 is 0 Å². The van der Waals surface area contributed by atoms with E-state index in [9.17, 15) is 17.2 Å². The van der Waals surface area contributed by atoms with Crippen molar-refractivity contribution < 1.29 is 21.9 Å². The van der Waals surface area contributed by atoms with E-state index in [1.54, 1.807) is 7.11 Å². The molecule has 2 aromatic carbocycles. The zero-order valence-electron chi connectivity index (χ0n) is 16.7. The van der Waals surface area contributed by atoms with Crippen molar-refractivity contribution in [3.05, 3.63) is 66.5 Å². The lowest BCUT2D eigenvalue weighted by Gasteiger charge is -2.34. The Morgan fingerprint density at radius 1 is 0.935 bits per heavy atom. The molecule has 2 heterocycles.